The fourth-order valence-corrected chi connectivity index (χ4v) is 4.13. The molecule has 1 aliphatic heterocycles. The van der Waals surface area contributed by atoms with Crippen LogP contribution in [0.5, 0.6) is 0 Å². The number of hydrogen-bond acceptors (Lipinski definition) is 7. The SMILES string of the molecule is CCCCCC(=O)N[S+]1C(C)=NN(c2nnc(C)s2)C1N. The molecule has 1 aliphatic rings. The number of hydrazone groups is 1. The fourth-order valence-electron chi connectivity index (χ4n) is 1.90. The Morgan fingerprint density at radius 2 is 2.19 bits per heavy atom. The zero-order valence-corrected chi connectivity index (χ0v) is 14.1. The van der Waals surface area contributed by atoms with E-state index in [1.165, 1.54) is 11.3 Å². The Bertz CT molecular complexity index is 532. The molecule has 0 saturated heterocycles. The summed E-state index contributed by atoms with van der Waals surface area (Å²) in [4.78, 5) is 12.0. The van der Waals surface area contributed by atoms with Crippen LogP contribution in [0.1, 0.15) is 44.5 Å². The molecule has 7 nitrogen and oxygen atoms in total. The molecule has 9 heteroatoms. The van der Waals surface area contributed by atoms with E-state index in [9.17, 15) is 4.79 Å². The first-order chi connectivity index (χ1) is 10.0. The number of anilines is 1. The second-order valence-corrected chi connectivity index (χ2v) is 7.89. The Morgan fingerprint density at radius 1 is 1.43 bits per heavy atom. The molecule has 2 atom stereocenters. The van der Waals surface area contributed by atoms with Crippen molar-refractivity contribution in [3.8, 4) is 0 Å². The van der Waals surface area contributed by atoms with Crippen LogP contribution in [0.4, 0.5) is 5.13 Å². The van der Waals surface area contributed by atoms with E-state index in [1.807, 2.05) is 13.8 Å². The maximum Gasteiger partial charge on any atom is 0.297 e. The van der Waals surface area contributed by atoms with E-state index in [0.29, 0.717) is 11.6 Å². The van der Waals surface area contributed by atoms with Gasteiger partial charge in [-0.25, -0.2) is 0 Å². The van der Waals surface area contributed by atoms with Crippen LogP contribution in [0.3, 0.4) is 0 Å². The van der Waals surface area contributed by atoms with E-state index in [0.717, 1.165) is 29.3 Å². The molecular formula is C12H21N6OS2+. The van der Waals surface area contributed by atoms with Crippen LogP contribution < -0.4 is 15.5 Å². The molecule has 21 heavy (non-hydrogen) atoms. The lowest BCUT2D eigenvalue weighted by Gasteiger charge is -2.13. The van der Waals surface area contributed by atoms with Crippen molar-refractivity contribution < 1.29 is 4.79 Å². The van der Waals surface area contributed by atoms with Gasteiger partial charge in [0, 0.05) is 13.3 Å². The minimum atomic E-state index is -0.581. The number of rotatable bonds is 6. The average molecular weight is 329 g/mol. The van der Waals surface area contributed by atoms with Gasteiger partial charge in [-0.2, -0.15) is 9.73 Å². The monoisotopic (exact) mass is 329 g/mol. The van der Waals surface area contributed by atoms with Crippen molar-refractivity contribution in [2.45, 2.75) is 52.0 Å². The first-order valence-electron chi connectivity index (χ1n) is 6.95. The van der Waals surface area contributed by atoms with Gasteiger partial charge in [0.25, 0.3) is 16.4 Å². The third-order valence-electron chi connectivity index (χ3n) is 2.99. The highest BCUT2D eigenvalue weighted by atomic mass is 32.2. The summed E-state index contributed by atoms with van der Waals surface area (Å²) < 4.78 is 2.99. The number of carbonyl (C=O) groups is 1. The number of aromatic nitrogens is 2. The zero-order valence-electron chi connectivity index (χ0n) is 12.5. The minimum Gasteiger partial charge on any atom is -0.271 e. The Hall–Kier alpha value is -1.19. The van der Waals surface area contributed by atoms with Crippen molar-refractivity contribution >= 4 is 38.5 Å². The van der Waals surface area contributed by atoms with Crippen molar-refractivity contribution in [2.24, 2.45) is 10.8 Å². The quantitative estimate of drug-likeness (QED) is 0.608. The number of nitrogens with two attached hydrogens (primary N) is 1. The lowest BCUT2D eigenvalue weighted by atomic mass is 10.2. The van der Waals surface area contributed by atoms with Gasteiger partial charge in [-0.1, -0.05) is 31.1 Å². The Morgan fingerprint density at radius 3 is 2.81 bits per heavy atom. The van der Waals surface area contributed by atoms with Gasteiger partial charge >= 0.3 is 0 Å². The van der Waals surface area contributed by atoms with E-state index in [2.05, 4.69) is 26.9 Å². The van der Waals surface area contributed by atoms with E-state index < -0.39 is 16.6 Å². The Balaban J connectivity index is 1.96. The van der Waals surface area contributed by atoms with Gasteiger partial charge in [0.2, 0.25) is 5.13 Å². The second-order valence-electron chi connectivity index (χ2n) is 4.78. The Kier molecular flexibility index (Phi) is 5.54. The van der Waals surface area contributed by atoms with Gasteiger partial charge in [0.15, 0.2) is 11.1 Å². The lowest BCUT2D eigenvalue weighted by molar-refractivity contribution is -0.119. The summed E-state index contributed by atoms with van der Waals surface area (Å²) in [5.41, 5.74) is 5.80. The zero-order chi connectivity index (χ0) is 15.4. The van der Waals surface area contributed by atoms with Crippen LogP contribution in [-0.4, -0.2) is 26.6 Å². The predicted molar refractivity (Wildman–Crippen MR) is 87.9 cm³/mol. The molecule has 2 unspecified atom stereocenters. The molecule has 1 aromatic heterocycles. The van der Waals surface area contributed by atoms with Crippen molar-refractivity contribution in [2.75, 3.05) is 5.01 Å². The van der Waals surface area contributed by atoms with E-state index in [-0.39, 0.29) is 5.91 Å². The highest BCUT2D eigenvalue weighted by molar-refractivity contribution is 8.10. The largest absolute Gasteiger partial charge is 0.297 e. The van der Waals surface area contributed by atoms with Crippen molar-refractivity contribution in [1.82, 2.24) is 14.9 Å². The van der Waals surface area contributed by atoms with Crippen LogP contribution in [0.25, 0.3) is 0 Å². The van der Waals surface area contributed by atoms with Crippen LogP contribution in [0.15, 0.2) is 5.10 Å². The lowest BCUT2D eigenvalue weighted by Crippen LogP contribution is -2.49. The van der Waals surface area contributed by atoms with Gasteiger partial charge in [-0.05, 0) is 13.3 Å². The Labute approximate surface area is 131 Å². The second kappa shape index (κ2) is 7.19. The highest BCUT2D eigenvalue weighted by Gasteiger charge is 2.46. The third-order valence-corrected chi connectivity index (χ3v) is 5.67. The normalized spacial score (nSPS) is 21.5. The molecule has 2 rings (SSSR count). The molecule has 2 heterocycles. The first kappa shape index (κ1) is 16.2. The molecule has 0 saturated carbocycles. The number of aryl methyl sites for hydroxylation is 1. The number of nitrogens with one attached hydrogen (secondary N) is 1. The third kappa shape index (κ3) is 3.92. The summed E-state index contributed by atoms with van der Waals surface area (Å²) in [6.45, 7) is 5.88. The average Bonchev–Trinajstić information content (AvgIpc) is 2.97. The first-order valence-corrected chi connectivity index (χ1v) is 9.06. The van der Waals surface area contributed by atoms with Crippen LogP contribution in [0.2, 0.25) is 0 Å². The molecule has 0 aliphatic carbocycles. The molecule has 3 N–H and O–H groups in total. The van der Waals surface area contributed by atoms with Crippen molar-refractivity contribution in [3.63, 3.8) is 0 Å². The smallest absolute Gasteiger partial charge is 0.271 e. The summed E-state index contributed by atoms with van der Waals surface area (Å²) in [5, 5.41) is 16.4. The maximum absolute atomic E-state index is 12.0. The molecular weight excluding hydrogens is 308 g/mol. The maximum atomic E-state index is 12.0. The summed E-state index contributed by atoms with van der Waals surface area (Å²) in [6, 6.07) is 0. The number of hydrogen-bond donors (Lipinski definition) is 2. The summed E-state index contributed by atoms with van der Waals surface area (Å²) in [6.07, 6.45) is 3.61. The van der Waals surface area contributed by atoms with Crippen LogP contribution in [0, 0.1) is 6.92 Å². The van der Waals surface area contributed by atoms with Gasteiger partial charge in [0.05, 0.1) is 0 Å². The van der Waals surface area contributed by atoms with E-state index >= 15 is 0 Å². The van der Waals surface area contributed by atoms with E-state index in [4.69, 9.17) is 5.73 Å². The van der Waals surface area contributed by atoms with Crippen LogP contribution >= 0.6 is 11.3 Å². The van der Waals surface area contributed by atoms with Gasteiger partial charge < -0.3 is 0 Å². The molecule has 0 fully saturated rings. The number of nitrogens with zero attached hydrogens (tertiary/aromatic N) is 4. The number of carbonyl (C=O) groups excluding carboxylic acids is 1. The molecule has 1 amide bonds. The highest BCUT2D eigenvalue weighted by Crippen LogP contribution is 2.27. The number of unbranched alkanes of at least 4 members (excludes halogenated alkanes) is 2. The van der Waals surface area contributed by atoms with Gasteiger partial charge in [0.1, 0.15) is 5.01 Å². The molecule has 0 radical (unpaired) electrons. The molecule has 0 bridgehead atoms. The summed E-state index contributed by atoms with van der Waals surface area (Å²) >= 11 is 0.856. The summed E-state index contributed by atoms with van der Waals surface area (Å²) in [7, 11) is 0. The standard InChI is InChI=1S/C12H20N6OS2/c1-4-5-6-7-10(19)17-21-9(3)16-18(11(21)13)12-15-14-8(2)20-12/h11H,4-7,13H2,1-3H3/p+1. The summed E-state index contributed by atoms with van der Waals surface area (Å²) in [5.74, 6) is 0.0343. The van der Waals surface area contributed by atoms with Crippen molar-refractivity contribution in [1.29, 1.82) is 0 Å². The van der Waals surface area contributed by atoms with Gasteiger partial charge in [-0.3, -0.25) is 10.5 Å². The molecule has 1 aromatic rings. The van der Waals surface area contributed by atoms with E-state index in [1.54, 1.807) is 5.01 Å². The molecule has 0 spiro atoms. The van der Waals surface area contributed by atoms with Crippen LogP contribution in [-0.2, 0) is 15.9 Å². The minimum absolute atomic E-state index is 0.0343. The molecule has 0 aromatic carbocycles. The van der Waals surface area contributed by atoms with Crippen molar-refractivity contribution in [3.05, 3.63) is 5.01 Å². The predicted octanol–water partition coefficient (Wildman–Crippen LogP) is 1.47. The fraction of sp³-hybridized carbons (Fsp3) is 0.667. The molecule has 116 valence electrons. The van der Waals surface area contributed by atoms with Gasteiger partial charge in [-0.15, -0.1) is 15.3 Å². The number of amides is 1. The topological polar surface area (TPSA) is 96.5 Å².